The highest BCUT2D eigenvalue weighted by molar-refractivity contribution is 9.10. The van der Waals surface area contributed by atoms with E-state index in [9.17, 15) is 4.79 Å². The van der Waals surface area contributed by atoms with E-state index in [4.69, 9.17) is 4.74 Å². The van der Waals surface area contributed by atoms with Gasteiger partial charge >= 0.3 is 5.97 Å². The maximum atomic E-state index is 11.9. The fraction of sp³-hybridized carbons (Fsp3) is 0.696. The van der Waals surface area contributed by atoms with E-state index >= 15 is 0 Å². The molecule has 3 heteroatoms. The van der Waals surface area contributed by atoms with Gasteiger partial charge < -0.3 is 4.74 Å². The van der Waals surface area contributed by atoms with E-state index in [1.165, 1.54) is 77.0 Å². The Hall–Kier alpha value is -0.830. The molecular formula is C23H37BrO2. The highest BCUT2D eigenvalue weighted by Gasteiger charge is 2.06. The quantitative estimate of drug-likeness (QED) is 0.198. The molecule has 0 N–H and O–H groups in total. The van der Waals surface area contributed by atoms with E-state index in [0.717, 1.165) is 17.3 Å². The van der Waals surface area contributed by atoms with Gasteiger partial charge in [-0.2, -0.15) is 0 Å². The predicted octanol–water partition coefficient (Wildman–Crippen LogP) is 8.09. The molecule has 0 bridgehead atoms. The molecule has 1 rings (SSSR count). The first-order valence-corrected chi connectivity index (χ1v) is 11.5. The smallest absolute Gasteiger partial charge is 0.338 e. The Balaban J connectivity index is 1.83. The topological polar surface area (TPSA) is 26.3 Å². The number of carbonyl (C=O) groups excluding carboxylic acids is 1. The van der Waals surface area contributed by atoms with Gasteiger partial charge in [-0.25, -0.2) is 4.79 Å². The van der Waals surface area contributed by atoms with Crippen LogP contribution in [0.15, 0.2) is 28.7 Å². The van der Waals surface area contributed by atoms with Crippen molar-refractivity contribution in [1.29, 1.82) is 0 Å². The van der Waals surface area contributed by atoms with Gasteiger partial charge in [0.15, 0.2) is 0 Å². The lowest BCUT2D eigenvalue weighted by molar-refractivity contribution is 0.0497. The van der Waals surface area contributed by atoms with Crippen molar-refractivity contribution in [3.63, 3.8) is 0 Å². The zero-order chi connectivity index (χ0) is 18.9. The van der Waals surface area contributed by atoms with Gasteiger partial charge in [0.1, 0.15) is 0 Å². The Morgan fingerprint density at radius 2 is 1.31 bits per heavy atom. The summed E-state index contributed by atoms with van der Waals surface area (Å²) in [5.74, 6) is -0.221. The average Bonchev–Trinajstić information content (AvgIpc) is 2.64. The van der Waals surface area contributed by atoms with Crippen molar-refractivity contribution in [2.75, 3.05) is 6.61 Å². The maximum absolute atomic E-state index is 11.9. The SMILES string of the molecule is CCCCCCCCCCCCCCCCOC(=O)c1cccc(Br)c1. The lowest BCUT2D eigenvalue weighted by atomic mass is 10.0. The molecule has 0 aromatic heterocycles. The molecule has 0 spiro atoms. The summed E-state index contributed by atoms with van der Waals surface area (Å²) in [5, 5.41) is 0. The van der Waals surface area contributed by atoms with Crippen LogP contribution < -0.4 is 0 Å². The molecule has 148 valence electrons. The molecule has 0 radical (unpaired) electrons. The van der Waals surface area contributed by atoms with Crippen molar-refractivity contribution in [2.24, 2.45) is 0 Å². The molecule has 0 aliphatic heterocycles. The minimum atomic E-state index is -0.221. The molecule has 0 saturated carbocycles. The summed E-state index contributed by atoms with van der Waals surface area (Å²) in [6.45, 7) is 2.81. The summed E-state index contributed by atoms with van der Waals surface area (Å²) < 4.78 is 6.24. The van der Waals surface area contributed by atoms with Crippen LogP contribution in [-0.4, -0.2) is 12.6 Å². The van der Waals surface area contributed by atoms with Crippen molar-refractivity contribution in [2.45, 2.75) is 96.8 Å². The van der Waals surface area contributed by atoms with Gasteiger partial charge in [-0.3, -0.25) is 0 Å². The van der Waals surface area contributed by atoms with Crippen LogP contribution in [0.25, 0.3) is 0 Å². The molecule has 0 atom stereocenters. The highest BCUT2D eigenvalue weighted by atomic mass is 79.9. The van der Waals surface area contributed by atoms with Gasteiger partial charge in [-0.15, -0.1) is 0 Å². The second-order valence-corrected chi connectivity index (χ2v) is 8.16. The summed E-state index contributed by atoms with van der Waals surface area (Å²) in [6.07, 6.45) is 18.7. The van der Waals surface area contributed by atoms with Gasteiger partial charge in [0.2, 0.25) is 0 Å². The zero-order valence-corrected chi connectivity index (χ0v) is 18.2. The van der Waals surface area contributed by atoms with E-state index in [-0.39, 0.29) is 5.97 Å². The number of rotatable bonds is 16. The second-order valence-electron chi connectivity index (χ2n) is 7.24. The van der Waals surface area contributed by atoms with Crippen LogP contribution in [0.5, 0.6) is 0 Å². The van der Waals surface area contributed by atoms with Crippen LogP contribution in [0.2, 0.25) is 0 Å². The Morgan fingerprint density at radius 3 is 1.81 bits per heavy atom. The first-order valence-electron chi connectivity index (χ1n) is 10.7. The zero-order valence-electron chi connectivity index (χ0n) is 16.6. The number of hydrogen-bond donors (Lipinski definition) is 0. The molecular weight excluding hydrogens is 388 g/mol. The van der Waals surface area contributed by atoms with Crippen LogP contribution >= 0.6 is 15.9 Å². The summed E-state index contributed by atoms with van der Waals surface area (Å²) in [4.78, 5) is 11.9. The Kier molecular flexibility index (Phi) is 14.6. The molecule has 1 aromatic carbocycles. The number of esters is 1. The first kappa shape index (κ1) is 23.2. The second kappa shape index (κ2) is 16.4. The van der Waals surface area contributed by atoms with Crippen molar-refractivity contribution in [1.82, 2.24) is 0 Å². The molecule has 0 fully saturated rings. The molecule has 1 aromatic rings. The number of ether oxygens (including phenoxy) is 1. The summed E-state index contributed by atoms with van der Waals surface area (Å²) in [7, 11) is 0. The van der Waals surface area contributed by atoms with Crippen LogP contribution in [0.3, 0.4) is 0 Å². The molecule has 2 nitrogen and oxygen atoms in total. The fourth-order valence-corrected chi connectivity index (χ4v) is 3.56. The number of halogens is 1. The summed E-state index contributed by atoms with van der Waals surface area (Å²) in [6, 6.07) is 7.35. The van der Waals surface area contributed by atoms with E-state index in [1.54, 1.807) is 12.1 Å². The average molecular weight is 425 g/mol. The predicted molar refractivity (Wildman–Crippen MR) is 115 cm³/mol. The van der Waals surface area contributed by atoms with E-state index < -0.39 is 0 Å². The standard InChI is InChI=1S/C23H37BrO2/c1-2-3-4-5-6-7-8-9-10-11-12-13-14-15-19-26-23(25)21-17-16-18-22(24)20-21/h16-18,20H,2-15,19H2,1H3. The molecule has 0 saturated heterocycles. The van der Waals surface area contributed by atoms with Crippen LogP contribution in [0.4, 0.5) is 0 Å². The summed E-state index contributed by atoms with van der Waals surface area (Å²) in [5.41, 5.74) is 0.615. The largest absolute Gasteiger partial charge is 0.462 e. The fourth-order valence-electron chi connectivity index (χ4n) is 3.16. The molecule has 0 aliphatic rings. The molecule has 0 unspecified atom stereocenters. The number of unbranched alkanes of at least 4 members (excludes halogenated alkanes) is 13. The number of hydrogen-bond acceptors (Lipinski definition) is 2. The molecule has 0 amide bonds. The van der Waals surface area contributed by atoms with E-state index in [2.05, 4.69) is 22.9 Å². The van der Waals surface area contributed by atoms with E-state index in [1.807, 2.05) is 12.1 Å². The van der Waals surface area contributed by atoms with Crippen molar-refractivity contribution in [3.05, 3.63) is 34.3 Å². The highest BCUT2D eigenvalue weighted by Crippen LogP contribution is 2.14. The lowest BCUT2D eigenvalue weighted by Crippen LogP contribution is -2.06. The lowest BCUT2D eigenvalue weighted by Gasteiger charge is -2.05. The van der Waals surface area contributed by atoms with Crippen LogP contribution in [0, 0.1) is 0 Å². The van der Waals surface area contributed by atoms with Gasteiger partial charge in [0.05, 0.1) is 12.2 Å². The molecule has 26 heavy (non-hydrogen) atoms. The Bertz CT molecular complexity index is 473. The van der Waals surface area contributed by atoms with Crippen LogP contribution in [-0.2, 0) is 4.74 Å². The third-order valence-corrected chi connectivity index (χ3v) is 5.28. The van der Waals surface area contributed by atoms with Crippen LogP contribution in [0.1, 0.15) is 107 Å². The van der Waals surface area contributed by atoms with Gasteiger partial charge in [0.25, 0.3) is 0 Å². The third-order valence-electron chi connectivity index (χ3n) is 4.79. The van der Waals surface area contributed by atoms with E-state index in [0.29, 0.717) is 12.2 Å². The van der Waals surface area contributed by atoms with Gasteiger partial charge in [-0.05, 0) is 24.6 Å². The minimum Gasteiger partial charge on any atom is -0.462 e. The minimum absolute atomic E-state index is 0.221. The maximum Gasteiger partial charge on any atom is 0.338 e. The van der Waals surface area contributed by atoms with Crippen molar-refractivity contribution < 1.29 is 9.53 Å². The normalized spacial score (nSPS) is 10.8. The molecule has 0 aliphatic carbocycles. The molecule has 0 heterocycles. The summed E-state index contributed by atoms with van der Waals surface area (Å²) >= 11 is 3.37. The number of benzene rings is 1. The van der Waals surface area contributed by atoms with Crippen molar-refractivity contribution in [3.8, 4) is 0 Å². The third kappa shape index (κ3) is 12.5. The van der Waals surface area contributed by atoms with Crippen molar-refractivity contribution >= 4 is 21.9 Å². The number of carbonyl (C=O) groups is 1. The van der Waals surface area contributed by atoms with Gasteiger partial charge in [-0.1, -0.05) is 112 Å². The Morgan fingerprint density at radius 1 is 0.808 bits per heavy atom. The monoisotopic (exact) mass is 424 g/mol. The first-order chi connectivity index (χ1) is 12.7. The Labute approximate surface area is 169 Å². The van der Waals surface area contributed by atoms with Gasteiger partial charge in [0, 0.05) is 4.47 Å².